The molecule has 0 radical (unpaired) electrons. The molecule has 0 aromatic carbocycles. The molecule has 6 N–H and O–H groups in total. The molecule has 2 unspecified atom stereocenters. The quantitative estimate of drug-likeness (QED) is 0.301. The van der Waals surface area contributed by atoms with Gasteiger partial charge in [0.15, 0.2) is 12.2 Å². The Balaban J connectivity index is 0. The standard InChI is InChI=1S/2C6H10O5/c2*7-4(6(10)11)2-1-3-5(8)9/h2*4,7H,1-3H2,(H,8,9)(H,10,11). The normalized spacial score (nSPS) is 12.5. The third-order valence-corrected chi connectivity index (χ3v) is 2.31. The number of carboxylic acids is 4. The van der Waals surface area contributed by atoms with Crippen LogP contribution in [0.1, 0.15) is 38.5 Å². The highest BCUT2D eigenvalue weighted by molar-refractivity contribution is 5.72. The fraction of sp³-hybridized carbons (Fsp3) is 0.667. The van der Waals surface area contributed by atoms with E-state index in [1.54, 1.807) is 0 Å². The first-order chi connectivity index (χ1) is 10.1. The Labute approximate surface area is 125 Å². The SMILES string of the molecule is O=C(O)CCCC(O)C(=O)O.O=C(O)CCCC(O)C(=O)O. The van der Waals surface area contributed by atoms with Gasteiger partial charge in [-0.05, 0) is 25.7 Å². The summed E-state index contributed by atoms with van der Waals surface area (Å²) in [6.45, 7) is 0. The second-order valence-corrected chi connectivity index (χ2v) is 4.28. The fourth-order valence-corrected chi connectivity index (χ4v) is 1.14. The van der Waals surface area contributed by atoms with Gasteiger partial charge in [-0.25, -0.2) is 9.59 Å². The lowest BCUT2D eigenvalue weighted by Crippen LogP contribution is -2.19. The third-order valence-electron chi connectivity index (χ3n) is 2.31. The Kier molecular flexibility index (Phi) is 12.6. The maximum absolute atomic E-state index is 9.98. The van der Waals surface area contributed by atoms with Gasteiger partial charge in [-0.15, -0.1) is 0 Å². The molecule has 0 aliphatic carbocycles. The molecule has 0 spiro atoms. The summed E-state index contributed by atoms with van der Waals surface area (Å²) in [6.07, 6.45) is -2.74. The van der Waals surface area contributed by atoms with Crippen LogP contribution in [0.5, 0.6) is 0 Å². The van der Waals surface area contributed by atoms with Gasteiger partial charge in [-0.1, -0.05) is 0 Å². The predicted molar refractivity (Wildman–Crippen MR) is 70.3 cm³/mol. The zero-order valence-electron chi connectivity index (χ0n) is 11.7. The van der Waals surface area contributed by atoms with Gasteiger partial charge < -0.3 is 30.6 Å². The number of aliphatic hydroxyl groups excluding tert-OH is 2. The first-order valence-corrected chi connectivity index (χ1v) is 6.33. The van der Waals surface area contributed by atoms with Crippen LogP contribution in [-0.2, 0) is 19.2 Å². The van der Waals surface area contributed by atoms with Crippen molar-refractivity contribution < 1.29 is 49.8 Å². The molecule has 0 saturated heterocycles. The minimum Gasteiger partial charge on any atom is -0.481 e. The summed E-state index contributed by atoms with van der Waals surface area (Å²) in [5.41, 5.74) is 0. The minimum atomic E-state index is -1.44. The second-order valence-electron chi connectivity index (χ2n) is 4.28. The average Bonchev–Trinajstić information content (AvgIpc) is 2.38. The van der Waals surface area contributed by atoms with E-state index in [9.17, 15) is 19.2 Å². The molecule has 0 aliphatic rings. The zero-order valence-corrected chi connectivity index (χ0v) is 11.7. The predicted octanol–water partition coefficient (Wildman–Crippen LogP) is -0.626. The van der Waals surface area contributed by atoms with Gasteiger partial charge >= 0.3 is 23.9 Å². The van der Waals surface area contributed by atoms with E-state index in [2.05, 4.69) is 0 Å². The molecule has 0 aromatic rings. The molecule has 0 aliphatic heterocycles. The molecule has 128 valence electrons. The van der Waals surface area contributed by atoms with Gasteiger partial charge in [-0.2, -0.15) is 0 Å². The summed E-state index contributed by atoms with van der Waals surface area (Å²) in [7, 11) is 0. The van der Waals surface area contributed by atoms with Crippen LogP contribution >= 0.6 is 0 Å². The van der Waals surface area contributed by atoms with Crippen LogP contribution in [0.2, 0.25) is 0 Å². The molecular formula is C12H20O10. The van der Waals surface area contributed by atoms with E-state index in [0.717, 1.165) is 0 Å². The van der Waals surface area contributed by atoms with E-state index in [1.807, 2.05) is 0 Å². The molecule has 10 nitrogen and oxygen atoms in total. The molecule has 0 heterocycles. The smallest absolute Gasteiger partial charge is 0.332 e. The molecule has 0 amide bonds. The van der Waals surface area contributed by atoms with E-state index >= 15 is 0 Å². The van der Waals surface area contributed by atoms with Crippen molar-refractivity contribution >= 4 is 23.9 Å². The number of hydrogen-bond donors (Lipinski definition) is 6. The summed E-state index contributed by atoms with van der Waals surface area (Å²) >= 11 is 0. The first kappa shape index (κ1) is 22.1. The van der Waals surface area contributed by atoms with Gasteiger partial charge in [0.25, 0.3) is 0 Å². The number of carbonyl (C=O) groups is 4. The fourth-order valence-electron chi connectivity index (χ4n) is 1.14. The van der Waals surface area contributed by atoms with Gasteiger partial charge in [0.2, 0.25) is 0 Å². The minimum absolute atomic E-state index is 0.0123. The monoisotopic (exact) mass is 324 g/mol. The highest BCUT2D eigenvalue weighted by Crippen LogP contribution is 2.01. The maximum atomic E-state index is 9.98. The van der Waals surface area contributed by atoms with Crippen LogP contribution in [0.4, 0.5) is 0 Å². The lowest BCUT2D eigenvalue weighted by Gasteiger charge is -2.01. The van der Waals surface area contributed by atoms with Gasteiger partial charge in [0.05, 0.1) is 0 Å². The van der Waals surface area contributed by atoms with Crippen molar-refractivity contribution in [3.8, 4) is 0 Å². The Hall–Kier alpha value is -2.20. The zero-order chi connectivity index (χ0) is 17.7. The molecule has 10 heteroatoms. The Morgan fingerprint density at radius 3 is 1.09 bits per heavy atom. The van der Waals surface area contributed by atoms with Gasteiger partial charge in [-0.3, -0.25) is 9.59 Å². The number of hydrogen-bond acceptors (Lipinski definition) is 6. The second kappa shape index (κ2) is 12.5. The Morgan fingerprint density at radius 2 is 0.909 bits per heavy atom. The van der Waals surface area contributed by atoms with Crippen LogP contribution in [0.3, 0.4) is 0 Å². The van der Waals surface area contributed by atoms with Crippen LogP contribution in [0.25, 0.3) is 0 Å². The van der Waals surface area contributed by atoms with Crippen LogP contribution in [-0.4, -0.2) is 66.7 Å². The largest absolute Gasteiger partial charge is 0.481 e. The van der Waals surface area contributed by atoms with Crippen molar-refractivity contribution in [1.82, 2.24) is 0 Å². The van der Waals surface area contributed by atoms with Gasteiger partial charge in [0.1, 0.15) is 0 Å². The molecule has 22 heavy (non-hydrogen) atoms. The lowest BCUT2D eigenvalue weighted by molar-refractivity contribution is -0.148. The van der Waals surface area contributed by atoms with E-state index in [1.165, 1.54) is 0 Å². The lowest BCUT2D eigenvalue weighted by atomic mass is 10.1. The van der Waals surface area contributed by atoms with E-state index in [-0.39, 0.29) is 38.5 Å². The van der Waals surface area contributed by atoms with Crippen molar-refractivity contribution in [2.75, 3.05) is 0 Å². The first-order valence-electron chi connectivity index (χ1n) is 6.33. The maximum Gasteiger partial charge on any atom is 0.332 e. The van der Waals surface area contributed by atoms with Crippen molar-refractivity contribution in [2.24, 2.45) is 0 Å². The van der Waals surface area contributed by atoms with E-state index < -0.39 is 36.1 Å². The number of rotatable bonds is 10. The Bertz CT molecular complexity index is 342. The average molecular weight is 324 g/mol. The van der Waals surface area contributed by atoms with Crippen molar-refractivity contribution in [1.29, 1.82) is 0 Å². The molecule has 0 rings (SSSR count). The van der Waals surface area contributed by atoms with E-state index in [0.29, 0.717) is 0 Å². The number of aliphatic carboxylic acids is 4. The van der Waals surface area contributed by atoms with Gasteiger partial charge in [0, 0.05) is 12.8 Å². The summed E-state index contributed by atoms with van der Waals surface area (Å²) < 4.78 is 0. The van der Waals surface area contributed by atoms with Crippen LogP contribution < -0.4 is 0 Å². The van der Waals surface area contributed by atoms with Crippen LogP contribution in [0.15, 0.2) is 0 Å². The number of carboxylic acid groups (broad SMARTS) is 4. The number of aliphatic hydroxyl groups is 2. The third kappa shape index (κ3) is 15.9. The van der Waals surface area contributed by atoms with Crippen molar-refractivity contribution in [3.05, 3.63) is 0 Å². The summed E-state index contributed by atoms with van der Waals surface area (Å²) in [5.74, 6) is -4.59. The highest BCUT2D eigenvalue weighted by atomic mass is 16.4. The summed E-state index contributed by atoms with van der Waals surface area (Å²) in [5, 5.41) is 49.9. The Morgan fingerprint density at radius 1 is 0.636 bits per heavy atom. The van der Waals surface area contributed by atoms with Crippen LogP contribution in [0, 0.1) is 0 Å². The van der Waals surface area contributed by atoms with Crippen molar-refractivity contribution in [3.63, 3.8) is 0 Å². The molecule has 0 saturated carbocycles. The molecule has 0 fully saturated rings. The molecule has 0 aromatic heterocycles. The summed E-state index contributed by atoms with van der Waals surface area (Å²) in [6, 6.07) is 0. The van der Waals surface area contributed by atoms with E-state index in [4.69, 9.17) is 30.6 Å². The molecule has 0 bridgehead atoms. The molecule has 2 atom stereocenters. The highest BCUT2D eigenvalue weighted by Gasteiger charge is 2.13. The molecular weight excluding hydrogens is 304 g/mol. The van der Waals surface area contributed by atoms with Crippen molar-refractivity contribution in [2.45, 2.75) is 50.7 Å². The topological polar surface area (TPSA) is 190 Å². The summed E-state index contributed by atoms with van der Waals surface area (Å²) in [4.78, 5) is 39.8.